The summed E-state index contributed by atoms with van der Waals surface area (Å²) in [5, 5.41) is -0.123. The highest BCUT2D eigenvalue weighted by atomic mass is 32.2. The van der Waals surface area contributed by atoms with Gasteiger partial charge in [-0.2, -0.15) is 0 Å². The lowest BCUT2D eigenvalue weighted by Crippen LogP contribution is -2.41. The van der Waals surface area contributed by atoms with Gasteiger partial charge < -0.3 is 9.64 Å². The van der Waals surface area contributed by atoms with Crippen molar-refractivity contribution in [3.63, 3.8) is 0 Å². The van der Waals surface area contributed by atoms with Crippen LogP contribution in [0.3, 0.4) is 0 Å². The van der Waals surface area contributed by atoms with Gasteiger partial charge >= 0.3 is 5.97 Å². The summed E-state index contributed by atoms with van der Waals surface area (Å²) in [6.45, 7) is 2.41. The SMILES string of the molecule is CCN(CC(=O)OC)C(=O)C1Cc2ccccc2S1. The maximum atomic E-state index is 12.4. The molecule has 1 aliphatic heterocycles. The van der Waals surface area contributed by atoms with Gasteiger partial charge in [0.1, 0.15) is 6.54 Å². The molecule has 1 unspecified atom stereocenters. The minimum atomic E-state index is -0.379. The zero-order valence-corrected chi connectivity index (χ0v) is 11.9. The zero-order chi connectivity index (χ0) is 13.8. The molecule has 102 valence electrons. The molecule has 19 heavy (non-hydrogen) atoms. The number of fused-ring (bicyclic) bond motifs is 1. The van der Waals surface area contributed by atoms with E-state index in [2.05, 4.69) is 4.74 Å². The maximum absolute atomic E-state index is 12.4. The highest BCUT2D eigenvalue weighted by molar-refractivity contribution is 8.01. The first-order chi connectivity index (χ1) is 9.15. The van der Waals surface area contributed by atoms with Gasteiger partial charge in [-0.15, -0.1) is 11.8 Å². The van der Waals surface area contributed by atoms with Crippen LogP contribution >= 0.6 is 11.8 Å². The number of carbonyl (C=O) groups excluding carboxylic acids is 2. The number of nitrogens with zero attached hydrogens (tertiary/aromatic N) is 1. The lowest BCUT2D eigenvalue weighted by Gasteiger charge is -2.22. The van der Waals surface area contributed by atoms with Crippen LogP contribution in [0, 0.1) is 0 Å². The Labute approximate surface area is 117 Å². The van der Waals surface area contributed by atoms with Crippen LogP contribution in [0.2, 0.25) is 0 Å². The van der Waals surface area contributed by atoms with Crippen molar-refractivity contribution in [3.8, 4) is 0 Å². The summed E-state index contributed by atoms with van der Waals surface area (Å²) < 4.78 is 4.62. The monoisotopic (exact) mass is 279 g/mol. The Morgan fingerprint density at radius 2 is 2.16 bits per heavy atom. The largest absolute Gasteiger partial charge is 0.468 e. The van der Waals surface area contributed by atoms with Gasteiger partial charge in [-0.1, -0.05) is 18.2 Å². The van der Waals surface area contributed by atoms with Crippen LogP contribution in [0.1, 0.15) is 12.5 Å². The van der Waals surface area contributed by atoms with Gasteiger partial charge in [0.25, 0.3) is 0 Å². The van der Waals surface area contributed by atoms with E-state index < -0.39 is 0 Å². The summed E-state index contributed by atoms with van der Waals surface area (Å²) >= 11 is 1.58. The molecule has 1 amide bonds. The van der Waals surface area contributed by atoms with Crippen molar-refractivity contribution in [1.82, 2.24) is 4.90 Å². The lowest BCUT2D eigenvalue weighted by molar-refractivity contribution is -0.146. The third kappa shape index (κ3) is 3.10. The van der Waals surface area contributed by atoms with Gasteiger partial charge in [0.15, 0.2) is 0 Å². The highest BCUT2D eigenvalue weighted by Crippen LogP contribution is 2.37. The molecule has 2 rings (SSSR count). The number of rotatable bonds is 4. The molecule has 0 bridgehead atoms. The fourth-order valence-electron chi connectivity index (χ4n) is 2.09. The van der Waals surface area contributed by atoms with Crippen molar-refractivity contribution >= 4 is 23.6 Å². The molecular weight excluding hydrogens is 262 g/mol. The van der Waals surface area contributed by atoms with E-state index in [-0.39, 0.29) is 23.7 Å². The number of likely N-dealkylation sites (N-methyl/N-ethyl adjacent to an activating group) is 1. The molecular formula is C14H17NO3S. The number of esters is 1. The van der Waals surface area contributed by atoms with Crippen LogP contribution in [-0.2, 0) is 20.7 Å². The second kappa shape index (κ2) is 6.10. The highest BCUT2D eigenvalue weighted by Gasteiger charge is 2.31. The molecule has 0 fully saturated rings. The standard InChI is InChI=1S/C14H17NO3S/c1-3-15(9-13(16)18-2)14(17)12-8-10-6-4-5-7-11(10)19-12/h4-7,12H,3,8-9H2,1-2H3. The van der Waals surface area contributed by atoms with Crippen LogP contribution < -0.4 is 0 Å². The Morgan fingerprint density at radius 1 is 1.42 bits per heavy atom. The minimum Gasteiger partial charge on any atom is -0.468 e. The molecule has 1 atom stereocenters. The first kappa shape index (κ1) is 13.9. The number of methoxy groups -OCH3 is 1. The maximum Gasteiger partial charge on any atom is 0.325 e. The molecule has 5 heteroatoms. The smallest absolute Gasteiger partial charge is 0.325 e. The summed E-state index contributed by atoms with van der Waals surface area (Å²) in [5.41, 5.74) is 1.21. The van der Waals surface area contributed by atoms with Gasteiger partial charge in [-0.3, -0.25) is 9.59 Å². The predicted octanol–water partition coefficient (Wildman–Crippen LogP) is 1.72. The minimum absolute atomic E-state index is 0.00843. The van der Waals surface area contributed by atoms with Gasteiger partial charge in [-0.05, 0) is 25.0 Å². The first-order valence-electron chi connectivity index (χ1n) is 6.25. The average Bonchev–Trinajstić information content (AvgIpc) is 2.87. The van der Waals surface area contributed by atoms with Crippen LogP contribution in [0.15, 0.2) is 29.2 Å². The number of hydrogen-bond acceptors (Lipinski definition) is 4. The molecule has 0 saturated heterocycles. The topological polar surface area (TPSA) is 46.6 Å². The summed E-state index contributed by atoms with van der Waals surface area (Å²) in [6, 6.07) is 8.04. The van der Waals surface area contributed by atoms with E-state index >= 15 is 0 Å². The zero-order valence-electron chi connectivity index (χ0n) is 11.1. The molecule has 4 nitrogen and oxygen atoms in total. The first-order valence-corrected chi connectivity index (χ1v) is 7.13. The number of amides is 1. The number of thioether (sulfide) groups is 1. The van der Waals surface area contributed by atoms with Gasteiger partial charge in [-0.25, -0.2) is 0 Å². The Kier molecular flexibility index (Phi) is 4.47. The van der Waals surface area contributed by atoms with E-state index in [9.17, 15) is 9.59 Å². The van der Waals surface area contributed by atoms with Crippen molar-refractivity contribution in [3.05, 3.63) is 29.8 Å². The second-order valence-electron chi connectivity index (χ2n) is 4.35. The molecule has 0 saturated carbocycles. The van der Waals surface area contributed by atoms with Crippen molar-refractivity contribution in [2.45, 2.75) is 23.5 Å². The number of carbonyl (C=O) groups is 2. The second-order valence-corrected chi connectivity index (χ2v) is 5.59. The van der Waals surface area contributed by atoms with Crippen LogP contribution in [0.4, 0.5) is 0 Å². The average molecular weight is 279 g/mol. The molecule has 1 heterocycles. The van der Waals surface area contributed by atoms with E-state index in [1.807, 2.05) is 31.2 Å². The van der Waals surface area contributed by atoms with Crippen LogP contribution in [0.25, 0.3) is 0 Å². The molecule has 0 radical (unpaired) electrons. The van der Waals surface area contributed by atoms with Crippen molar-refractivity contribution < 1.29 is 14.3 Å². The summed E-state index contributed by atoms with van der Waals surface area (Å²) in [7, 11) is 1.33. The van der Waals surface area contributed by atoms with Crippen molar-refractivity contribution in [2.75, 3.05) is 20.2 Å². The molecule has 0 N–H and O–H groups in total. The van der Waals surface area contributed by atoms with E-state index in [0.717, 1.165) is 11.3 Å². The Hall–Kier alpha value is -1.49. The van der Waals surface area contributed by atoms with Crippen molar-refractivity contribution in [1.29, 1.82) is 0 Å². The Morgan fingerprint density at radius 3 is 2.79 bits per heavy atom. The molecule has 0 aliphatic carbocycles. The molecule has 1 aromatic rings. The van der Waals surface area contributed by atoms with E-state index in [1.165, 1.54) is 12.7 Å². The van der Waals surface area contributed by atoms with Gasteiger partial charge in [0, 0.05) is 11.4 Å². The fraction of sp³-hybridized carbons (Fsp3) is 0.429. The third-order valence-electron chi connectivity index (χ3n) is 3.16. The lowest BCUT2D eigenvalue weighted by atomic mass is 10.1. The summed E-state index contributed by atoms with van der Waals surface area (Å²) in [5.74, 6) is -0.371. The summed E-state index contributed by atoms with van der Waals surface area (Å²) in [4.78, 5) is 26.4. The van der Waals surface area contributed by atoms with Gasteiger partial charge in [0.05, 0.1) is 12.4 Å². The Balaban J connectivity index is 2.03. The Bertz CT molecular complexity index is 464. The van der Waals surface area contributed by atoms with E-state index in [4.69, 9.17) is 0 Å². The molecule has 1 aliphatic rings. The van der Waals surface area contributed by atoms with E-state index in [1.54, 1.807) is 16.7 Å². The van der Waals surface area contributed by atoms with Crippen LogP contribution in [0.5, 0.6) is 0 Å². The van der Waals surface area contributed by atoms with Crippen molar-refractivity contribution in [2.24, 2.45) is 0 Å². The van der Waals surface area contributed by atoms with E-state index in [0.29, 0.717) is 6.54 Å². The number of hydrogen-bond donors (Lipinski definition) is 0. The summed E-state index contributed by atoms with van der Waals surface area (Å²) in [6.07, 6.45) is 0.733. The third-order valence-corrected chi connectivity index (χ3v) is 4.47. The number of benzene rings is 1. The molecule has 1 aromatic carbocycles. The molecule has 0 aromatic heterocycles. The fourth-order valence-corrected chi connectivity index (χ4v) is 3.37. The van der Waals surface area contributed by atoms with Crippen LogP contribution in [-0.4, -0.2) is 42.2 Å². The number of ether oxygens (including phenoxy) is 1. The quantitative estimate of drug-likeness (QED) is 0.787. The normalized spacial score (nSPS) is 16.8. The predicted molar refractivity (Wildman–Crippen MR) is 74.1 cm³/mol. The molecule has 0 spiro atoms. The van der Waals surface area contributed by atoms with Gasteiger partial charge in [0.2, 0.25) is 5.91 Å².